The topological polar surface area (TPSA) is 12.0 Å². The van der Waals surface area contributed by atoms with Crippen LogP contribution in [0.15, 0.2) is 18.2 Å². The molecule has 0 fully saturated rings. The van der Waals surface area contributed by atoms with Crippen molar-refractivity contribution in [3.63, 3.8) is 0 Å². The molecule has 0 saturated heterocycles. The molecule has 1 rings (SSSR count). The molecule has 108 valence electrons. The minimum absolute atomic E-state index is 0.00456. The van der Waals surface area contributed by atoms with Gasteiger partial charge in [0.1, 0.15) is 11.6 Å². The predicted octanol–water partition coefficient (Wildman–Crippen LogP) is 4.17. The first kappa shape index (κ1) is 16.1. The maximum atomic E-state index is 13.3. The van der Waals surface area contributed by atoms with Crippen LogP contribution in [0.2, 0.25) is 0 Å². The van der Waals surface area contributed by atoms with Gasteiger partial charge in [-0.15, -0.1) is 0 Å². The highest BCUT2D eigenvalue weighted by Crippen LogP contribution is 2.31. The van der Waals surface area contributed by atoms with E-state index in [1.165, 1.54) is 12.1 Å². The number of benzene rings is 1. The molecule has 1 aromatic carbocycles. The molecule has 0 aliphatic carbocycles. The summed E-state index contributed by atoms with van der Waals surface area (Å²) in [4.78, 5) is 0. The van der Waals surface area contributed by atoms with Gasteiger partial charge < -0.3 is 5.32 Å². The minimum Gasteiger partial charge on any atom is -0.316 e. The largest absolute Gasteiger partial charge is 0.316 e. The normalized spacial score (nSPS) is 14.7. The van der Waals surface area contributed by atoms with E-state index in [1.54, 1.807) is 0 Å². The van der Waals surface area contributed by atoms with Crippen molar-refractivity contribution >= 4 is 0 Å². The fraction of sp³-hybridized carbons (Fsp3) is 0.625. The molecule has 0 aliphatic rings. The summed E-state index contributed by atoms with van der Waals surface area (Å²) in [6, 6.07) is 3.79. The Hall–Kier alpha value is -0.960. The van der Waals surface area contributed by atoms with Gasteiger partial charge >= 0.3 is 0 Å². The third-order valence-corrected chi connectivity index (χ3v) is 3.88. The average molecular weight is 269 g/mol. The van der Waals surface area contributed by atoms with Crippen LogP contribution >= 0.6 is 0 Å². The fourth-order valence-electron chi connectivity index (χ4n) is 2.20. The van der Waals surface area contributed by atoms with Crippen LogP contribution in [-0.4, -0.2) is 13.1 Å². The van der Waals surface area contributed by atoms with E-state index in [1.807, 2.05) is 0 Å². The van der Waals surface area contributed by atoms with E-state index in [0.717, 1.165) is 31.1 Å². The SMILES string of the molecule is CCCNCC(C)(Cc1cc(F)cc(F)c1)C(C)C. The molecule has 0 spiro atoms. The Labute approximate surface area is 115 Å². The molecule has 0 amide bonds. The first-order valence-corrected chi connectivity index (χ1v) is 7.03. The third kappa shape index (κ3) is 4.90. The standard InChI is InChI=1S/C16H25F2N/c1-5-6-19-11-16(4,12(2)3)10-13-7-14(17)9-15(18)8-13/h7-9,12,19H,5-6,10-11H2,1-4H3. The second kappa shape index (κ2) is 6.99. The second-order valence-corrected chi connectivity index (χ2v) is 5.94. The zero-order chi connectivity index (χ0) is 14.5. The molecule has 0 aromatic heterocycles. The molecule has 1 N–H and O–H groups in total. The van der Waals surface area contributed by atoms with Crippen LogP contribution in [0, 0.1) is 23.0 Å². The molecule has 1 nitrogen and oxygen atoms in total. The lowest BCUT2D eigenvalue weighted by atomic mass is 9.74. The zero-order valence-corrected chi connectivity index (χ0v) is 12.4. The molecule has 19 heavy (non-hydrogen) atoms. The van der Waals surface area contributed by atoms with Gasteiger partial charge in [-0.3, -0.25) is 0 Å². The van der Waals surface area contributed by atoms with Crippen molar-refractivity contribution in [1.29, 1.82) is 0 Å². The number of nitrogens with one attached hydrogen (secondary N) is 1. The van der Waals surface area contributed by atoms with Gasteiger partial charge in [-0.1, -0.05) is 27.7 Å². The van der Waals surface area contributed by atoms with E-state index in [2.05, 4.69) is 33.0 Å². The van der Waals surface area contributed by atoms with E-state index in [4.69, 9.17) is 0 Å². The van der Waals surface area contributed by atoms with Crippen molar-refractivity contribution in [2.75, 3.05) is 13.1 Å². The van der Waals surface area contributed by atoms with E-state index in [0.29, 0.717) is 12.3 Å². The van der Waals surface area contributed by atoms with Crippen molar-refractivity contribution in [3.8, 4) is 0 Å². The Morgan fingerprint density at radius 2 is 1.74 bits per heavy atom. The molecule has 1 unspecified atom stereocenters. The fourth-order valence-corrected chi connectivity index (χ4v) is 2.20. The summed E-state index contributed by atoms with van der Waals surface area (Å²) in [5.41, 5.74) is 0.724. The van der Waals surface area contributed by atoms with Crippen molar-refractivity contribution in [2.45, 2.75) is 40.5 Å². The molecule has 3 heteroatoms. The Kier molecular flexibility index (Phi) is 5.92. The summed E-state index contributed by atoms with van der Waals surface area (Å²) in [7, 11) is 0. The van der Waals surface area contributed by atoms with E-state index in [9.17, 15) is 8.78 Å². The summed E-state index contributed by atoms with van der Waals surface area (Å²) in [6.45, 7) is 10.4. The molecule has 0 saturated carbocycles. The molecule has 0 heterocycles. The molecule has 1 aromatic rings. The molecular formula is C16H25F2N. The summed E-state index contributed by atoms with van der Waals surface area (Å²) < 4.78 is 26.5. The highest BCUT2D eigenvalue weighted by atomic mass is 19.1. The lowest BCUT2D eigenvalue weighted by molar-refractivity contribution is 0.207. The van der Waals surface area contributed by atoms with Gasteiger partial charge in [0, 0.05) is 12.6 Å². The van der Waals surface area contributed by atoms with Gasteiger partial charge in [0.25, 0.3) is 0 Å². The van der Waals surface area contributed by atoms with Gasteiger partial charge in [0.2, 0.25) is 0 Å². The van der Waals surface area contributed by atoms with Gasteiger partial charge in [-0.05, 0) is 48.4 Å². The highest BCUT2D eigenvalue weighted by Gasteiger charge is 2.28. The lowest BCUT2D eigenvalue weighted by Gasteiger charge is -2.34. The van der Waals surface area contributed by atoms with Crippen LogP contribution in [0.4, 0.5) is 8.78 Å². The third-order valence-electron chi connectivity index (χ3n) is 3.88. The van der Waals surface area contributed by atoms with E-state index in [-0.39, 0.29) is 5.41 Å². The van der Waals surface area contributed by atoms with Gasteiger partial charge in [0.15, 0.2) is 0 Å². The Morgan fingerprint density at radius 1 is 1.16 bits per heavy atom. The van der Waals surface area contributed by atoms with Crippen molar-refractivity contribution < 1.29 is 8.78 Å². The summed E-state index contributed by atoms with van der Waals surface area (Å²) in [6.07, 6.45) is 1.76. The number of hydrogen-bond acceptors (Lipinski definition) is 1. The summed E-state index contributed by atoms with van der Waals surface area (Å²) >= 11 is 0. The average Bonchev–Trinajstić information content (AvgIpc) is 2.27. The van der Waals surface area contributed by atoms with Gasteiger partial charge in [0.05, 0.1) is 0 Å². The number of hydrogen-bond donors (Lipinski definition) is 1. The van der Waals surface area contributed by atoms with Crippen molar-refractivity contribution in [1.82, 2.24) is 5.32 Å². The molecular weight excluding hydrogens is 244 g/mol. The smallest absolute Gasteiger partial charge is 0.126 e. The minimum atomic E-state index is -0.498. The van der Waals surface area contributed by atoms with Crippen molar-refractivity contribution in [3.05, 3.63) is 35.4 Å². The zero-order valence-electron chi connectivity index (χ0n) is 12.4. The Bertz CT molecular complexity index is 383. The van der Waals surface area contributed by atoms with Crippen molar-refractivity contribution in [2.24, 2.45) is 11.3 Å². The predicted molar refractivity (Wildman–Crippen MR) is 76.2 cm³/mol. The molecule has 1 atom stereocenters. The summed E-state index contributed by atoms with van der Waals surface area (Å²) in [5.74, 6) is -0.562. The maximum absolute atomic E-state index is 13.3. The monoisotopic (exact) mass is 269 g/mol. The summed E-state index contributed by atoms with van der Waals surface area (Å²) in [5, 5.41) is 3.42. The highest BCUT2D eigenvalue weighted by molar-refractivity contribution is 5.19. The van der Waals surface area contributed by atoms with Crippen LogP contribution < -0.4 is 5.32 Å². The van der Waals surface area contributed by atoms with Crippen LogP contribution in [0.1, 0.15) is 39.7 Å². The van der Waals surface area contributed by atoms with Crippen LogP contribution in [0.5, 0.6) is 0 Å². The molecule has 0 aliphatic heterocycles. The Morgan fingerprint density at radius 3 is 2.21 bits per heavy atom. The quantitative estimate of drug-likeness (QED) is 0.733. The first-order valence-electron chi connectivity index (χ1n) is 7.03. The number of halogens is 2. The second-order valence-electron chi connectivity index (χ2n) is 5.94. The van der Waals surface area contributed by atoms with Gasteiger partial charge in [-0.25, -0.2) is 8.78 Å². The molecule has 0 radical (unpaired) electrons. The van der Waals surface area contributed by atoms with Gasteiger partial charge in [-0.2, -0.15) is 0 Å². The van der Waals surface area contributed by atoms with Crippen LogP contribution in [0.3, 0.4) is 0 Å². The van der Waals surface area contributed by atoms with Crippen LogP contribution in [-0.2, 0) is 6.42 Å². The first-order chi connectivity index (χ1) is 8.87. The van der Waals surface area contributed by atoms with Crippen LogP contribution in [0.25, 0.3) is 0 Å². The van der Waals surface area contributed by atoms with E-state index < -0.39 is 11.6 Å². The Balaban J connectivity index is 2.82. The number of rotatable bonds is 7. The maximum Gasteiger partial charge on any atom is 0.126 e. The molecule has 0 bridgehead atoms. The lowest BCUT2D eigenvalue weighted by Crippen LogP contribution is -2.38. The van der Waals surface area contributed by atoms with E-state index >= 15 is 0 Å².